The lowest BCUT2D eigenvalue weighted by molar-refractivity contribution is -0.129. The van der Waals surface area contributed by atoms with Crippen molar-refractivity contribution >= 4 is 23.2 Å². The molecule has 124 valence electrons. The number of anilines is 2. The lowest BCUT2D eigenvalue weighted by Gasteiger charge is -2.16. The number of amides is 2. The molecule has 0 aliphatic rings. The minimum absolute atomic E-state index is 0.313. The van der Waals surface area contributed by atoms with Gasteiger partial charge in [0.15, 0.2) is 0 Å². The van der Waals surface area contributed by atoms with Crippen LogP contribution in [0.4, 0.5) is 11.4 Å². The molecule has 0 radical (unpaired) electrons. The van der Waals surface area contributed by atoms with Crippen molar-refractivity contribution in [3.63, 3.8) is 0 Å². The van der Waals surface area contributed by atoms with E-state index in [1.807, 2.05) is 56.3 Å². The van der Waals surface area contributed by atoms with Gasteiger partial charge in [0.25, 0.3) is 0 Å². The fraction of sp³-hybridized carbons (Fsp3) is 0.200. The molecule has 0 aliphatic carbocycles. The molecular weight excluding hydrogens is 300 g/mol. The van der Waals surface area contributed by atoms with E-state index in [1.54, 1.807) is 24.3 Å². The van der Waals surface area contributed by atoms with Crippen molar-refractivity contribution in [2.75, 3.05) is 10.6 Å². The molecule has 0 saturated heterocycles. The molecule has 2 rings (SSSR count). The highest BCUT2D eigenvalue weighted by Crippen LogP contribution is 2.15. The van der Waals surface area contributed by atoms with Crippen LogP contribution in [0.5, 0.6) is 0 Å². The minimum Gasteiger partial charge on any atom is -0.325 e. The first-order valence-electron chi connectivity index (χ1n) is 7.91. The minimum atomic E-state index is -0.791. The van der Waals surface area contributed by atoms with Gasteiger partial charge in [-0.15, -0.1) is 0 Å². The maximum absolute atomic E-state index is 12.6. The van der Waals surface area contributed by atoms with Gasteiger partial charge in [0.05, 0.1) is 0 Å². The van der Waals surface area contributed by atoms with Crippen LogP contribution in [0.15, 0.2) is 72.3 Å². The van der Waals surface area contributed by atoms with E-state index < -0.39 is 5.92 Å². The first-order chi connectivity index (χ1) is 11.6. The lowest BCUT2D eigenvalue weighted by atomic mass is 10.0. The van der Waals surface area contributed by atoms with E-state index in [2.05, 4.69) is 10.6 Å². The summed E-state index contributed by atoms with van der Waals surface area (Å²) in [6.45, 7) is 3.89. The van der Waals surface area contributed by atoms with Gasteiger partial charge in [0.1, 0.15) is 5.92 Å². The van der Waals surface area contributed by atoms with Gasteiger partial charge in [-0.05, 0) is 44.5 Å². The summed E-state index contributed by atoms with van der Waals surface area (Å²) < 4.78 is 0. The van der Waals surface area contributed by atoms with Gasteiger partial charge in [-0.1, -0.05) is 48.0 Å². The zero-order valence-corrected chi connectivity index (χ0v) is 14.0. The summed E-state index contributed by atoms with van der Waals surface area (Å²) in [5.74, 6) is -1.42. The van der Waals surface area contributed by atoms with Crippen LogP contribution in [0.25, 0.3) is 0 Å². The molecule has 0 fully saturated rings. The average Bonchev–Trinajstić information content (AvgIpc) is 2.56. The summed E-state index contributed by atoms with van der Waals surface area (Å²) in [5, 5.41) is 5.61. The number of benzene rings is 2. The SMILES string of the molecule is CC(C)=CCC(C(=O)Nc1ccccc1)C(=O)Nc1ccccc1. The first-order valence-corrected chi connectivity index (χ1v) is 7.91. The summed E-state index contributed by atoms with van der Waals surface area (Å²) in [7, 11) is 0. The standard InChI is InChI=1S/C20H22N2O2/c1-15(2)13-14-18(19(23)21-16-9-5-3-6-10-16)20(24)22-17-11-7-4-8-12-17/h3-13,18H,14H2,1-2H3,(H,21,23)(H,22,24). The molecule has 2 aromatic carbocycles. The van der Waals surface area contributed by atoms with Gasteiger partial charge in [-0.3, -0.25) is 9.59 Å². The molecule has 0 aromatic heterocycles. The number of para-hydroxylation sites is 2. The van der Waals surface area contributed by atoms with Gasteiger partial charge < -0.3 is 10.6 Å². The Bertz CT molecular complexity index is 651. The maximum Gasteiger partial charge on any atom is 0.237 e. The Labute approximate surface area is 142 Å². The third-order valence-corrected chi connectivity index (χ3v) is 3.48. The molecule has 2 amide bonds. The number of carbonyl (C=O) groups excluding carboxylic acids is 2. The zero-order valence-electron chi connectivity index (χ0n) is 14.0. The molecule has 4 nitrogen and oxygen atoms in total. The highest BCUT2D eigenvalue weighted by molar-refractivity contribution is 6.10. The van der Waals surface area contributed by atoms with Gasteiger partial charge in [0.2, 0.25) is 11.8 Å². The summed E-state index contributed by atoms with van der Waals surface area (Å²) in [4.78, 5) is 25.1. The Morgan fingerprint density at radius 3 is 1.62 bits per heavy atom. The van der Waals surface area contributed by atoms with E-state index in [0.717, 1.165) is 5.57 Å². The molecule has 0 heterocycles. The lowest BCUT2D eigenvalue weighted by Crippen LogP contribution is -2.33. The highest BCUT2D eigenvalue weighted by atomic mass is 16.2. The van der Waals surface area contributed by atoms with Gasteiger partial charge >= 0.3 is 0 Å². The molecule has 4 heteroatoms. The summed E-state index contributed by atoms with van der Waals surface area (Å²) in [6, 6.07) is 18.3. The molecule has 0 atom stereocenters. The highest BCUT2D eigenvalue weighted by Gasteiger charge is 2.25. The number of allylic oxidation sites excluding steroid dienone is 2. The van der Waals surface area contributed by atoms with Crippen LogP contribution in [-0.2, 0) is 9.59 Å². The zero-order chi connectivity index (χ0) is 17.4. The van der Waals surface area contributed by atoms with Crippen molar-refractivity contribution in [2.24, 2.45) is 5.92 Å². The number of hydrogen-bond donors (Lipinski definition) is 2. The molecule has 24 heavy (non-hydrogen) atoms. The molecule has 0 spiro atoms. The second-order valence-corrected chi connectivity index (χ2v) is 5.78. The molecule has 0 aliphatic heterocycles. The van der Waals surface area contributed by atoms with E-state index in [0.29, 0.717) is 17.8 Å². The fourth-order valence-corrected chi connectivity index (χ4v) is 2.19. The Morgan fingerprint density at radius 1 is 0.833 bits per heavy atom. The summed E-state index contributed by atoms with van der Waals surface area (Å²) in [6.07, 6.45) is 2.26. The Kier molecular flexibility index (Phi) is 6.32. The van der Waals surface area contributed by atoms with Crippen molar-refractivity contribution in [1.82, 2.24) is 0 Å². The molecular formula is C20H22N2O2. The van der Waals surface area contributed by atoms with Crippen molar-refractivity contribution in [3.8, 4) is 0 Å². The monoisotopic (exact) mass is 322 g/mol. The van der Waals surface area contributed by atoms with Crippen LogP contribution in [0.3, 0.4) is 0 Å². The van der Waals surface area contributed by atoms with Crippen LogP contribution < -0.4 is 10.6 Å². The smallest absolute Gasteiger partial charge is 0.237 e. The van der Waals surface area contributed by atoms with E-state index >= 15 is 0 Å². The van der Waals surface area contributed by atoms with E-state index in [-0.39, 0.29) is 11.8 Å². The van der Waals surface area contributed by atoms with E-state index in [4.69, 9.17) is 0 Å². The fourth-order valence-electron chi connectivity index (χ4n) is 2.19. The van der Waals surface area contributed by atoms with Crippen LogP contribution in [0.2, 0.25) is 0 Å². The van der Waals surface area contributed by atoms with E-state index in [1.165, 1.54) is 0 Å². The van der Waals surface area contributed by atoms with Crippen LogP contribution in [-0.4, -0.2) is 11.8 Å². The molecule has 0 saturated carbocycles. The number of carbonyl (C=O) groups is 2. The Balaban J connectivity index is 2.12. The molecule has 2 N–H and O–H groups in total. The van der Waals surface area contributed by atoms with Crippen LogP contribution in [0, 0.1) is 5.92 Å². The molecule has 0 unspecified atom stereocenters. The number of hydrogen-bond acceptors (Lipinski definition) is 2. The summed E-state index contributed by atoms with van der Waals surface area (Å²) in [5.41, 5.74) is 2.43. The third kappa shape index (κ3) is 5.39. The molecule has 2 aromatic rings. The Morgan fingerprint density at radius 2 is 1.25 bits per heavy atom. The van der Waals surface area contributed by atoms with E-state index in [9.17, 15) is 9.59 Å². The Hall–Kier alpha value is -2.88. The van der Waals surface area contributed by atoms with Crippen molar-refractivity contribution < 1.29 is 9.59 Å². The first kappa shape index (κ1) is 17.5. The largest absolute Gasteiger partial charge is 0.325 e. The van der Waals surface area contributed by atoms with Crippen molar-refractivity contribution in [1.29, 1.82) is 0 Å². The van der Waals surface area contributed by atoms with Crippen LogP contribution in [0.1, 0.15) is 20.3 Å². The normalized spacial score (nSPS) is 10.1. The third-order valence-electron chi connectivity index (χ3n) is 3.48. The molecule has 0 bridgehead atoms. The van der Waals surface area contributed by atoms with Gasteiger partial charge in [-0.25, -0.2) is 0 Å². The van der Waals surface area contributed by atoms with Crippen molar-refractivity contribution in [3.05, 3.63) is 72.3 Å². The topological polar surface area (TPSA) is 58.2 Å². The van der Waals surface area contributed by atoms with Gasteiger partial charge in [-0.2, -0.15) is 0 Å². The number of nitrogens with one attached hydrogen (secondary N) is 2. The maximum atomic E-state index is 12.6. The quantitative estimate of drug-likeness (QED) is 0.617. The summed E-state index contributed by atoms with van der Waals surface area (Å²) >= 11 is 0. The average molecular weight is 322 g/mol. The van der Waals surface area contributed by atoms with Crippen LogP contribution >= 0.6 is 0 Å². The second-order valence-electron chi connectivity index (χ2n) is 5.78. The second kappa shape index (κ2) is 8.67. The predicted molar refractivity (Wildman–Crippen MR) is 97.7 cm³/mol. The number of rotatable bonds is 6. The van der Waals surface area contributed by atoms with Gasteiger partial charge in [0, 0.05) is 11.4 Å². The predicted octanol–water partition coefficient (Wildman–Crippen LogP) is 4.24. The van der Waals surface area contributed by atoms with Crippen molar-refractivity contribution in [2.45, 2.75) is 20.3 Å².